The number of hydrogen-bond donors (Lipinski definition) is 1. The van der Waals surface area contributed by atoms with Crippen LogP contribution in [0, 0.1) is 11.6 Å². The standard InChI is InChI=1S/C14H10Br2ClF2N/c1-20-14(7-2-8(15)4-9(17)3-7)10-5-13(19)11(16)6-12(10)18/h2-6,14,20H,1H3. The molecular formula is C14H10Br2ClF2N. The highest BCUT2D eigenvalue weighted by Crippen LogP contribution is 2.31. The highest BCUT2D eigenvalue weighted by molar-refractivity contribution is 9.10. The molecule has 0 amide bonds. The molecular weight excluding hydrogens is 415 g/mol. The van der Waals surface area contributed by atoms with Gasteiger partial charge < -0.3 is 5.32 Å². The Labute approximate surface area is 137 Å². The van der Waals surface area contributed by atoms with E-state index in [0.29, 0.717) is 5.02 Å². The average molecular weight is 425 g/mol. The summed E-state index contributed by atoms with van der Waals surface area (Å²) in [6.45, 7) is 0. The molecule has 0 heterocycles. The summed E-state index contributed by atoms with van der Waals surface area (Å²) in [6, 6.07) is 7.06. The van der Waals surface area contributed by atoms with Gasteiger partial charge in [0.15, 0.2) is 0 Å². The minimum atomic E-state index is -0.511. The number of halogens is 5. The molecule has 0 radical (unpaired) electrons. The van der Waals surface area contributed by atoms with Crippen molar-refractivity contribution in [3.05, 3.63) is 67.1 Å². The van der Waals surface area contributed by atoms with Gasteiger partial charge in [-0.05, 0) is 58.9 Å². The van der Waals surface area contributed by atoms with E-state index in [9.17, 15) is 8.78 Å². The third-order valence-corrected chi connectivity index (χ3v) is 4.14. The summed E-state index contributed by atoms with van der Waals surface area (Å²) in [6.07, 6.45) is 0. The third kappa shape index (κ3) is 3.39. The van der Waals surface area contributed by atoms with E-state index in [4.69, 9.17) is 11.6 Å². The molecule has 6 heteroatoms. The maximum atomic E-state index is 14.1. The van der Waals surface area contributed by atoms with Crippen LogP contribution >= 0.6 is 43.5 Å². The lowest BCUT2D eigenvalue weighted by Gasteiger charge is -2.19. The molecule has 0 aromatic heterocycles. The van der Waals surface area contributed by atoms with Crippen LogP contribution in [0.15, 0.2) is 39.3 Å². The lowest BCUT2D eigenvalue weighted by molar-refractivity contribution is 0.554. The molecule has 0 saturated heterocycles. The summed E-state index contributed by atoms with van der Waals surface area (Å²) >= 11 is 12.3. The van der Waals surface area contributed by atoms with Gasteiger partial charge in [-0.1, -0.05) is 27.5 Å². The molecule has 1 nitrogen and oxygen atoms in total. The Bertz CT molecular complexity index is 629. The largest absolute Gasteiger partial charge is 0.309 e. The lowest BCUT2D eigenvalue weighted by atomic mass is 9.98. The SMILES string of the molecule is CNC(c1cc(Cl)cc(Br)c1)c1cc(F)c(Br)cc1F. The smallest absolute Gasteiger partial charge is 0.137 e. The maximum Gasteiger partial charge on any atom is 0.137 e. The van der Waals surface area contributed by atoms with E-state index in [-0.39, 0.29) is 10.0 Å². The molecule has 1 atom stereocenters. The minimum absolute atomic E-state index is 0.0980. The molecule has 0 fully saturated rings. The van der Waals surface area contributed by atoms with Gasteiger partial charge in [0.2, 0.25) is 0 Å². The number of rotatable bonds is 3. The van der Waals surface area contributed by atoms with Crippen LogP contribution in [0.1, 0.15) is 17.2 Å². The summed E-state index contributed by atoms with van der Waals surface area (Å²) in [5.74, 6) is -1.00. The van der Waals surface area contributed by atoms with Crippen molar-refractivity contribution in [2.45, 2.75) is 6.04 Å². The maximum absolute atomic E-state index is 14.1. The molecule has 0 saturated carbocycles. The molecule has 0 spiro atoms. The van der Waals surface area contributed by atoms with Crippen LogP contribution in [-0.4, -0.2) is 7.05 Å². The summed E-state index contributed by atoms with van der Waals surface area (Å²) in [5.41, 5.74) is 0.967. The second-order valence-corrected chi connectivity index (χ2v) is 6.42. The average Bonchev–Trinajstić information content (AvgIpc) is 2.35. The molecule has 106 valence electrons. The molecule has 2 rings (SSSR count). The van der Waals surface area contributed by atoms with E-state index >= 15 is 0 Å². The summed E-state index contributed by atoms with van der Waals surface area (Å²) in [4.78, 5) is 0. The van der Waals surface area contributed by atoms with Crippen LogP contribution < -0.4 is 5.32 Å². The van der Waals surface area contributed by atoms with E-state index in [1.807, 2.05) is 6.07 Å². The zero-order valence-corrected chi connectivity index (χ0v) is 14.3. The fourth-order valence-electron chi connectivity index (χ4n) is 2.00. The summed E-state index contributed by atoms with van der Waals surface area (Å²) in [5, 5.41) is 3.50. The number of hydrogen-bond acceptors (Lipinski definition) is 1. The first-order valence-corrected chi connectivity index (χ1v) is 7.66. The van der Waals surface area contributed by atoms with Crippen LogP contribution in [0.5, 0.6) is 0 Å². The van der Waals surface area contributed by atoms with Crippen LogP contribution in [0.25, 0.3) is 0 Å². The molecule has 0 aliphatic rings. The Morgan fingerprint density at radius 2 is 1.75 bits per heavy atom. The fourth-order valence-corrected chi connectivity index (χ4v) is 3.20. The molecule has 1 N–H and O–H groups in total. The van der Waals surface area contributed by atoms with Crippen molar-refractivity contribution < 1.29 is 8.78 Å². The predicted octanol–water partition coefficient (Wildman–Crippen LogP) is 5.45. The second kappa shape index (κ2) is 6.52. The molecule has 20 heavy (non-hydrogen) atoms. The van der Waals surface area contributed by atoms with E-state index < -0.39 is 17.7 Å². The molecule has 1 unspecified atom stereocenters. The molecule has 2 aromatic rings. The van der Waals surface area contributed by atoms with Gasteiger partial charge in [-0.15, -0.1) is 0 Å². The zero-order chi connectivity index (χ0) is 14.9. The van der Waals surface area contributed by atoms with E-state index in [2.05, 4.69) is 37.2 Å². The second-order valence-electron chi connectivity index (χ2n) is 4.21. The molecule has 0 aliphatic heterocycles. The van der Waals surface area contributed by atoms with Gasteiger partial charge >= 0.3 is 0 Å². The van der Waals surface area contributed by atoms with Crippen molar-refractivity contribution in [1.82, 2.24) is 5.32 Å². The molecule has 0 bridgehead atoms. The monoisotopic (exact) mass is 423 g/mol. The lowest BCUT2D eigenvalue weighted by Crippen LogP contribution is -2.19. The van der Waals surface area contributed by atoms with E-state index in [1.54, 1.807) is 19.2 Å². The van der Waals surface area contributed by atoms with E-state index in [0.717, 1.165) is 16.1 Å². The van der Waals surface area contributed by atoms with Gasteiger partial charge in [-0.25, -0.2) is 8.78 Å². The Kier molecular flexibility index (Phi) is 5.18. The number of benzene rings is 2. The highest BCUT2D eigenvalue weighted by atomic mass is 79.9. The van der Waals surface area contributed by atoms with Crippen LogP contribution in [0.4, 0.5) is 8.78 Å². The van der Waals surface area contributed by atoms with Crippen LogP contribution in [0.2, 0.25) is 5.02 Å². The summed E-state index contributed by atoms with van der Waals surface area (Å²) < 4.78 is 28.6. The Morgan fingerprint density at radius 1 is 1.05 bits per heavy atom. The topological polar surface area (TPSA) is 12.0 Å². The van der Waals surface area contributed by atoms with Crippen molar-refractivity contribution in [2.24, 2.45) is 0 Å². The minimum Gasteiger partial charge on any atom is -0.309 e. The van der Waals surface area contributed by atoms with Crippen molar-refractivity contribution in [2.75, 3.05) is 7.05 Å². The first-order chi connectivity index (χ1) is 9.42. The highest BCUT2D eigenvalue weighted by Gasteiger charge is 2.19. The van der Waals surface area contributed by atoms with E-state index in [1.165, 1.54) is 6.07 Å². The van der Waals surface area contributed by atoms with Gasteiger partial charge in [0.1, 0.15) is 11.6 Å². The van der Waals surface area contributed by atoms with Crippen molar-refractivity contribution in [3.8, 4) is 0 Å². The Morgan fingerprint density at radius 3 is 2.35 bits per heavy atom. The van der Waals surface area contributed by atoms with Crippen LogP contribution in [-0.2, 0) is 0 Å². The van der Waals surface area contributed by atoms with Crippen molar-refractivity contribution >= 4 is 43.5 Å². The van der Waals surface area contributed by atoms with Gasteiger partial charge in [0.25, 0.3) is 0 Å². The van der Waals surface area contributed by atoms with Gasteiger partial charge in [-0.2, -0.15) is 0 Å². The van der Waals surface area contributed by atoms with Crippen LogP contribution in [0.3, 0.4) is 0 Å². The van der Waals surface area contributed by atoms with Crippen molar-refractivity contribution in [1.29, 1.82) is 0 Å². The molecule has 0 aliphatic carbocycles. The van der Waals surface area contributed by atoms with Gasteiger partial charge in [0, 0.05) is 15.1 Å². The quantitative estimate of drug-likeness (QED) is 0.645. The first-order valence-electron chi connectivity index (χ1n) is 5.70. The van der Waals surface area contributed by atoms with Gasteiger partial charge in [-0.3, -0.25) is 0 Å². The van der Waals surface area contributed by atoms with Crippen molar-refractivity contribution in [3.63, 3.8) is 0 Å². The zero-order valence-electron chi connectivity index (χ0n) is 10.4. The Balaban J connectivity index is 2.55. The third-order valence-electron chi connectivity index (χ3n) is 2.86. The normalized spacial score (nSPS) is 12.5. The Hall–Kier alpha value is -0.490. The number of nitrogens with one attached hydrogen (secondary N) is 1. The summed E-state index contributed by atoms with van der Waals surface area (Å²) in [7, 11) is 1.68. The molecule has 2 aromatic carbocycles. The first kappa shape index (κ1) is 15.9. The fraction of sp³-hybridized carbons (Fsp3) is 0.143. The predicted molar refractivity (Wildman–Crippen MR) is 84.1 cm³/mol. The van der Waals surface area contributed by atoms with Gasteiger partial charge in [0.05, 0.1) is 10.5 Å².